The van der Waals surface area contributed by atoms with E-state index in [0.717, 1.165) is 18.3 Å². The number of likely N-dealkylation sites (N-methyl/N-ethyl adjacent to an activating group) is 3. The van der Waals surface area contributed by atoms with Crippen LogP contribution >= 0.6 is 24.0 Å². The number of carbonyl (C=O) groups is 2. The van der Waals surface area contributed by atoms with Crippen LogP contribution in [0.25, 0.3) is 0 Å². The molecule has 0 aromatic carbocycles. The summed E-state index contributed by atoms with van der Waals surface area (Å²) in [6.07, 6.45) is 13.8. The minimum Gasteiger partial charge on any atom is -0.313 e. The van der Waals surface area contributed by atoms with Crippen molar-refractivity contribution in [2.75, 3.05) is 21.1 Å². The molecule has 6 atom stereocenters. The molecular weight excluding hydrogens is 543 g/mol. The Morgan fingerprint density at radius 1 is 1.15 bits per heavy atom. The number of allylic oxidation sites excluding steroid dienone is 1. The number of hydrogen-bond donors (Lipinski definition) is 3. The van der Waals surface area contributed by atoms with E-state index in [1.54, 1.807) is 27.4 Å². The van der Waals surface area contributed by atoms with Crippen LogP contribution in [-0.4, -0.2) is 44.9 Å². The molecule has 4 rings (SSSR count). The highest BCUT2D eigenvalue weighted by Crippen LogP contribution is 2.66. The Morgan fingerprint density at radius 3 is 2.53 bits per heavy atom. The molecule has 6 unspecified atom stereocenters. The van der Waals surface area contributed by atoms with Crippen LogP contribution in [0.3, 0.4) is 0 Å². The molecule has 0 spiro atoms. The molecule has 192 valence electrons. The van der Waals surface area contributed by atoms with Crippen LogP contribution in [0.5, 0.6) is 0 Å². The van der Waals surface area contributed by atoms with E-state index in [0.29, 0.717) is 24.2 Å². The SMILES string of the molecule is CNC(NC)(NC)C(=O)O/N=C/CC1CC(=O)C=C2CCC3C4CCCC4(C)CCC3C21C.I. The molecule has 3 saturated carbocycles. The van der Waals surface area contributed by atoms with Crippen molar-refractivity contribution in [3.8, 4) is 0 Å². The Morgan fingerprint density at radius 2 is 1.85 bits per heavy atom. The Labute approximate surface area is 221 Å². The van der Waals surface area contributed by atoms with Crippen LogP contribution in [0, 0.1) is 34.5 Å². The number of halogens is 1. The monoisotopic (exact) mass is 586 g/mol. The Kier molecular flexibility index (Phi) is 8.69. The third kappa shape index (κ3) is 4.52. The lowest BCUT2D eigenvalue weighted by Crippen LogP contribution is -2.68. The molecule has 34 heavy (non-hydrogen) atoms. The second-order valence-corrected chi connectivity index (χ2v) is 11.2. The number of carbonyl (C=O) groups excluding carboxylic acids is 2. The van der Waals surface area contributed by atoms with E-state index in [-0.39, 0.29) is 41.1 Å². The predicted octanol–water partition coefficient (Wildman–Crippen LogP) is 3.98. The largest absolute Gasteiger partial charge is 0.384 e. The summed E-state index contributed by atoms with van der Waals surface area (Å²) in [5.74, 6) is 0.927. The molecule has 4 aliphatic carbocycles. The van der Waals surface area contributed by atoms with Crippen LogP contribution in [0.1, 0.15) is 71.6 Å². The summed E-state index contributed by atoms with van der Waals surface area (Å²) in [6, 6.07) is 0. The van der Waals surface area contributed by atoms with Crippen LogP contribution in [0.4, 0.5) is 0 Å². The number of nitrogens with zero attached hydrogens (tertiary/aromatic N) is 1. The third-order valence-corrected chi connectivity index (χ3v) is 10.1. The first-order valence-electron chi connectivity index (χ1n) is 12.8. The predicted molar refractivity (Wildman–Crippen MR) is 145 cm³/mol. The summed E-state index contributed by atoms with van der Waals surface area (Å²) in [6.45, 7) is 4.94. The summed E-state index contributed by atoms with van der Waals surface area (Å²) in [5, 5.41) is 12.7. The zero-order valence-corrected chi connectivity index (χ0v) is 23.7. The molecule has 7 nitrogen and oxygen atoms in total. The molecular formula is C26H43IN4O3. The molecule has 0 heterocycles. The maximum absolute atomic E-state index is 12.6. The standard InChI is InChI=1S/C26H42N4O3.HI/c1-24-12-6-7-21(24)20-9-8-17-15-19(31)16-18(25(17,2)22(20)10-13-24)11-14-30-33-23(32)26(27-3,28-4)29-5;/h14-15,18,20-22,27-29H,6-13,16H2,1-5H3;1H/b30-14+;. The van der Waals surface area contributed by atoms with Gasteiger partial charge in [-0.1, -0.05) is 31.0 Å². The first-order chi connectivity index (χ1) is 15.7. The van der Waals surface area contributed by atoms with Crippen molar-refractivity contribution in [1.82, 2.24) is 16.0 Å². The minimum absolute atomic E-state index is 0. The second-order valence-electron chi connectivity index (χ2n) is 11.2. The van der Waals surface area contributed by atoms with Gasteiger partial charge in [-0.15, -0.1) is 24.0 Å². The number of oxime groups is 1. The summed E-state index contributed by atoms with van der Waals surface area (Å²) in [7, 11) is 5.00. The molecule has 8 heteroatoms. The van der Waals surface area contributed by atoms with Gasteiger partial charge in [0.15, 0.2) is 5.78 Å². The molecule has 0 radical (unpaired) electrons. The van der Waals surface area contributed by atoms with Gasteiger partial charge in [0.05, 0.1) is 0 Å². The highest BCUT2D eigenvalue weighted by molar-refractivity contribution is 14.0. The van der Waals surface area contributed by atoms with Gasteiger partial charge in [-0.05, 0) is 107 Å². The Balaban J connectivity index is 0.00000324. The summed E-state index contributed by atoms with van der Waals surface area (Å²) < 4.78 is 0. The molecule has 3 N–H and O–H groups in total. The van der Waals surface area contributed by atoms with E-state index in [2.05, 4.69) is 35.0 Å². The fourth-order valence-corrected chi connectivity index (χ4v) is 8.09. The van der Waals surface area contributed by atoms with Gasteiger partial charge in [0.1, 0.15) is 0 Å². The van der Waals surface area contributed by atoms with Gasteiger partial charge in [-0.25, -0.2) is 4.79 Å². The molecule has 0 amide bonds. The number of fused-ring (bicyclic) bond motifs is 5. The van der Waals surface area contributed by atoms with Crippen molar-refractivity contribution in [3.05, 3.63) is 11.6 Å². The number of rotatable bonds is 7. The van der Waals surface area contributed by atoms with Crippen molar-refractivity contribution in [2.45, 2.75) is 77.4 Å². The van der Waals surface area contributed by atoms with E-state index in [1.165, 1.54) is 44.1 Å². The van der Waals surface area contributed by atoms with Gasteiger partial charge in [-0.2, -0.15) is 0 Å². The van der Waals surface area contributed by atoms with E-state index in [9.17, 15) is 9.59 Å². The Hall–Kier alpha value is -0.840. The van der Waals surface area contributed by atoms with E-state index in [4.69, 9.17) is 4.84 Å². The zero-order valence-electron chi connectivity index (χ0n) is 21.4. The van der Waals surface area contributed by atoms with Crippen molar-refractivity contribution < 1.29 is 14.4 Å². The van der Waals surface area contributed by atoms with E-state index < -0.39 is 11.8 Å². The third-order valence-electron chi connectivity index (χ3n) is 10.1. The van der Waals surface area contributed by atoms with Crippen LogP contribution in [0.2, 0.25) is 0 Å². The normalized spacial score (nSPS) is 37.3. The highest BCUT2D eigenvalue weighted by atomic mass is 127. The first-order valence-corrected chi connectivity index (χ1v) is 12.8. The van der Waals surface area contributed by atoms with Crippen LogP contribution in [0.15, 0.2) is 16.8 Å². The first kappa shape index (κ1) is 27.7. The number of hydrogen-bond acceptors (Lipinski definition) is 7. The van der Waals surface area contributed by atoms with E-state index in [1.807, 2.05) is 6.08 Å². The van der Waals surface area contributed by atoms with Crippen molar-refractivity contribution in [3.63, 3.8) is 0 Å². The molecule has 0 aromatic rings. The quantitative estimate of drug-likeness (QED) is 0.138. The fourth-order valence-electron chi connectivity index (χ4n) is 8.09. The van der Waals surface area contributed by atoms with Gasteiger partial charge in [0, 0.05) is 12.6 Å². The molecule has 3 fully saturated rings. The average molecular weight is 587 g/mol. The summed E-state index contributed by atoms with van der Waals surface area (Å²) in [4.78, 5) is 30.3. The topological polar surface area (TPSA) is 91.8 Å². The molecule has 0 saturated heterocycles. The lowest BCUT2D eigenvalue weighted by atomic mass is 9.45. The molecule has 0 aliphatic heterocycles. The lowest BCUT2D eigenvalue weighted by Gasteiger charge is -2.59. The molecule has 0 aromatic heterocycles. The summed E-state index contributed by atoms with van der Waals surface area (Å²) in [5.41, 5.74) is 1.91. The van der Waals surface area contributed by atoms with Crippen LogP contribution in [-0.2, 0) is 14.4 Å². The Bertz CT molecular complexity index is 834. The second kappa shape index (κ2) is 10.6. The van der Waals surface area contributed by atoms with Gasteiger partial charge in [0.25, 0.3) is 0 Å². The maximum atomic E-state index is 12.6. The van der Waals surface area contributed by atoms with Crippen molar-refractivity contribution in [1.29, 1.82) is 0 Å². The van der Waals surface area contributed by atoms with Crippen LogP contribution < -0.4 is 16.0 Å². The van der Waals surface area contributed by atoms with Gasteiger partial charge in [0.2, 0.25) is 5.79 Å². The smallest absolute Gasteiger partial charge is 0.313 e. The molecule has 0 bridgehead atoms. The number of ketones is 1. The number of nitrogens with one attached hydrogen (secondary N) is 3. The van der Waals surface area contributed by atoms with E-state index >= 15 is 0 Å². The summed E-state index contributed by atoms with van der Waals surface area (Å²) >= 11 is 0. The van der Waals surface area contributed by atoms with Crippen molar-refractivity contribution in [2.24, 2.45) is 39.7 Å². The maximum Gasteiger partial charge on any atom is 0.384 e. The van der Waals surface area contributed by atoms with Gasteiger partial charge < -0.3 is 4.84 Å². The van der Waals surface area contributed by atoms with Gasteiger partial charge in [-0.3, -0.25) is 20.7 Å². The van der Waals surface area contributed by atoms with Gasteiger partial charge >= 0.3 is 5.97 Å². The lowest BCUT2D eigenvalue weighted by molar-refractivity contribution is -0.154. The van der Waals surface area contributed by atoms with Crippen molar-refractivity contribution >= 4 is 41.9 Å². The zero-order chi connectivity index (χ0) is 23.9. The minimum atomic E-state index is -1.19. The fraction of sp³-hybridized carbons (Fsp3) is 0.808. The highest BCUT2D eigenvalue weighted by Gasteiger charge is 2.58. The molecule has 4 aliphatic rings. The average Bonchev–Trinajstić information content (AvgIpc) is 3.20.